The van der Waals surface area contributed by atoms with Crippen LogP contribution in [0.5, 0.6) is 11.5 Å². The lowest BCUT2D eigenvalue weighted by Crippen LogP contribution is -2.22. The zero-order valence-electron chi connectivity index (χ0n) is 19.1. The molecule has 2 aromatic heterocycles. The normalized spacial score (nSPS) is 11.8. The van der Waals surface area contributed by atoms with Crippen molar-refractivity contribution in [1.82, 2.24) is 9.55 Å². The topological polar surface area (TPSA) is 36.3 Å². The summed E-state index contributed by atoms with van der Waals surface area (Å²) >= 11 is 13.2. The predicted octanol–water partition coefficient (Wildman–Crippen LogP) is 8.04. The van der Waals surface area contributed by atoms with Crippen LogP contribution in [0.25, 0.3) is 11.0 Å². The van der Waals surface area contributed by atoms with E-state index in [4.69, 9.17) is 32.7 Å². The first-order valence-corrected chi connectivity index (χ1v) is 15.5. The van der Waals surface area contributed by atoms with Crippen LogP contribution in [0.1, 0.15) is 11.1 Å². The van der Waals surface area contributed by atoms with Crippen molar-refractivity contribution in [3.8, 4) is 11.5 Å². The van der Waals surface area contributed by atoms with Crippen LogP contribution in [-0.4, -0.2) is 24.2 Å². The SMILES string of the molecule is C[Si](C)(C)CCOCn1cc(Cc2ccc(Oc3ccccc3)cc2Cl)c2c(Cl)ccnc21. The number of hydrogen-bond donors (Lipinski definition) is 0. The van der Waals surface area contributed by atoms with Crippen molar-refractivity contribution >= 4 is 42.3 Å². The standard InChI is InChI=1S/C26H28Cl2N2O2Si/c1-33(2,3)14-13-31-18-30-17-20(25-23(27)11-12-29-26(25)30)15-19-9-10-22(16-24(19)28)32-21-7-5-4-6-8-21/h4-12,16-17H,13-15,18H2,1-3H3. The molecule has 2 aromatic carbocycles. The van der Waals surface area contributed by atoms with Gasteiger partial charge in [-0.1, -0.05) is 67.1 Å². The highest BCUT2D eigenvalue weighted by molar-refractivity contribution is 6.76. The van der Waals surface area contributed by atoms with E-state index in [0.717, 1.165) is 40.6 Å². The Morgan fingerprint density at radius 3 is 2.42 bits per heavy atom. The lowest BCUT2D eigenvalue weighted by Gasteiger charge is -2.15. The van der Waals surface area contributed by atoms with E-state index in [-0.39, 0.29) is 0 Å². The number of aromatic nitrogens is 2. The first-order chi connectivity index (χ1) is 15.8. The Kier molecular flexibility index (Phi) is 7.44. The molecule has 0 bridgehead atoms. The summed E-state index contributed by atoms with van der Waals surface area (Å²) < 4.78 is 13.9. The number of benzene rings is 2. The molecule has 0 aliphatic rings. The number of nitrogens with zero attached hydrogens (tertiary/aromatic N) is 2. The number of hydrogen-bond acceptors (Lipinski definition) is 3. The summed E-state index contributed by atoms with van der Waals surface area (Å²) in [5.41, 5.74) is 2.89. The second kappa shape index (κ2) is 10.3. The van der Waals surface area contributed by atoms with Gasteiger partial charge in [-0.25, -0.2) is 4.98 Å². The van der Waals surface area contributed by atoms with E-state index in [2.05, 4.69) is 30.8 Å². The van der Waals surface area contributed by atoms with Crippen LogP contribution < -0.4 is 4.74 Å². The van der Waals surface area contributed by atoms with Crippen LogP contribution in [0.2, 0.25) is 35.7 Å². The van der Waals surface area contributed by atoms with Gasteiger partial charge in [0.05, 0.1) is 5.02 Å². The number of pyridine rings is 1. The minimum absolute atomic E-state index is 0.450. The number of rotatable bonds is 9. The molecule has 0 spiro atoms. The van der Waals surface area contributed by atoms with Crippen LogP contribution in [0.15, 0.2) is 67.0 Å². The largest absolute Gasteiger partial charge is 0.457 e. The third kappa shape index (κ3) is 6.18. The summed E-state index contributed by atoms with van der Waals surface area (Å²) in [6, 6.07) is 18.4. The molecule has 7 heteroatoms. The van der Waals surface area contributed by atoms with E-state index in [1.54, 1.807) is 6.20 Å². The van der Waals surface area contributed by atoms with E-state index in [1.807, 2.05) is 59.2 Å². The maximum absolute atomic E-state index is 6.63. The van der Waals surface area contributed by atoms with Crippen molar-refractivity contribution in [3.05, 3.63) is 88.2 Å². The van der Waals surface area contributed by atoms with Crippen LogP contribution >= 0.6 is 23.2 Å². The molecule has 0 amide bonds. The van der Waals surface area contributed by atoms with Crippen LogP contribution in [0.4, 0.5) is 0 Å². The van der Waals surface area contributed by atoms with Gasteiger partial charge in [-0.05, 0) is 47.5 Å². The minimum Gasteiger partial charge on any atom is -0.457 e. The number of fused-ring (bicyclic) bond motifs is 1. The Morgan fingerprint density at radius 1 is 0.909 bits per heavy atom. The molecule has 0 radical (unpaired) electrons. The van der Waals surface area contributed by atoms with Gasteiger partial charge in [-0.3, -0.25) is 0 Å². The zero-order valence-corrected chi connectivity index (χ0v) is 21.7. The van der Waals surface area contributed by atoms with Crippen molar-refractivity contribution in [3.63, 3.8) is 0 Å². The lowest BCUT2D eigenvalue weighted by atomic mass is 10.0. The Morgan fingerprint density at radius 2 is 1.70 bits per heavy atom. The first-order valence-electron chi connectivity index (χ1n) is 11.0. The number of halogens is 2. The third-order valence-electron chi connectivity index (χ3n) is 5.40. The third-order valence-corrected chi connectivity index (χ3v) is 7.77. The molecule has 2 heterocycles. The molecule has 0 atom stereocenters. The molecule has 0 unspecified atom stereocenters. The Bertz CT molecular complexity index is 1240. The molecule has 0 saturated heterocycles. The van der Waals surface area contributed by atoms with E-state index in [9.17, 15) is 0 Å². The summed E-state index contributed by atoms with van der Waals surface area (Å²) in [6.07, 6.45) is 4.44. The van der Waals surface area contributed by atoms with Crippen molar-refractivity contribution < 1.29 is 9.47 Å². The van der Waals surface area contributed by atoms with Crippen LogP contribution in [-0.2, 0) is 17.9 Å². The highest BCUT2D eigenvalue weighted by Crippen LogP contribution is 2.32. The second-order valence-corrected chi connectivity index (χ2v) is 15.7. The van der Waals surface area contributed by atoms with Crippen LogP contribution in [0, 0.1) is 0 Å². The summed E-state index contributed by atoms with van der Waals surface area (Å²) in [7, 11) is -1.14. The second-order valence-electron chi connectivity index (χ2n) is 9.31. The average Bonchev–Trinajstić information content (AvgIpc) is 3.12. The van der Waals surface area contributed by atoms with E-state index < -0.39 is 8.07 Å². The molecule has 0 aliphatic heterocycles. The fraction of sp³-hybridized carbons (Fsp3) is 0.269. The molecule has 33 heavy (non-hydrogen) atoms. The smallest absolute Gasteiger partial charge is 0.143 e. The van der Waals surface area contributed by atoms with Gasteiger partial charge in [0.2, 0.25) is 0 Å². The molecular formula is C26H28Cl2N2O2Si. The van der Waals surface area contributed by atoms with Gasteiger partial charge in [-0.2, -0.15) is 0 Å². The monoisotopic (exact) mass is 498 g/mol. The lowest BCUT2D eigenvalue weighted by molar-refractivity contribution is 0.0898. The molecule has 4 aromatic rings. The maximum Gasteiger partial charge on any atom is 0.143 e. The van der Waals surface area contributed by atoms with Crippen molar-refractivity contribution in [2.24, 2.45) is 0 Å². The Balaban J connectivity index is 1.54. The van der Waals surface area contributed by atoms with E-state index >= 15 is 0 Å². The Hall–Kier alpha value is -2.31. The molecule has 0 N–H and O–H groups in total. The maximum atomic E-state index is 6.63. The van der Waals surface area contributed by atoms with Crippen LogP contribution in [0.3, 0.4) is 0 Å². The van der Waals surface area contributed by atoms with Gasteiger partial charge in [-0.15, -0.1) is 0 Å². The zero-order chi connectivity index (χ0) is 23.4. The molecule has 0 fully saturated rings. The van der Waals surface area contributed by atoms with Crippen molar-refractivity contribution in [2.75, 3.05) is 6.61 Å². The molecule has 4 nitrogen and oxygen atoms in total. The number of para-hydroxylation sites is 1. The highest BCUT2D eigenvalue weighted by atomic mass is 35.5. The molecule has 172 valence electrons. The summed E-state index contributed by atoms with van der Waals surface area (Å²) in [5.74, 6) is 1.48. The molecular weight excluding hydrogens is 471 g/mol. The fourth-order valence-corrected chi connectivity index (χ4v) is 4.85. The van der Waals surface area contributed by atoms with E-state index in [0.29, 0.717) is 28.9 Å². The first kappa shape index (κ1) is 23.8. The van der Waals surface area contributed by atoms with Gasteiger partial charge >= 0.3 is 0 Å². The van der Waals surface area contributed by atoms with Crippen molar-refractivity contribution in [1.29, 1.82) is 0 Å². The summed E-state index contributed by atoms with van der Waals surface area (Å²) in [6.45, 7) is 8.24. The van der Waals surface area contributed by atoms with Gasteiger partial charge in [0, 0.05) is 43.9 Å². The average molecular weight is 500 g/mol. The highest BCUT2D eigenvalue weighted by Gasteiger charge is 2.16. The van der Waals surface area contributed by atoms with E-state index in [1.165, 1.54) is 0 Å². The molecule has 4 rings (SSSR count). The fourth-order valence-electron chi connectivity index (χ4n) is 3.59. The summed E-state index contributed by atoms with van der Waals surface area (Å²) in [4.78, 5) is 4.57. The van der Waals surface area contributed by atoms with Gasteiger partial charge in [0.15, 0.2) is 0 Å². The van der Waals surface area contributed by atoms with Crippen molar-refractivity contribution in [2.45, 2.75) is 38.8 Å². The van der Waals surface area contributed by atoms with Gasteiger partial charge in [0.25, 0.3) is 0 Å². The molecule has 0 saturated carbocycles. The molecule has 0 aliphatic carbocycles. The quantitative estimate of drug-likeness (QED) is 0.173. The predicted molar refractivity (Wildman–Crippen MR) is 140 cm³/mol. The number of ether oxygens (including phenoxy) is 2. The summed E-state index contributed by atoms with van der Waals surface area (Å²) in [5, 5.41) is 2.26. The minimum atomic E-state index is -1.14. The van der Waals surface area contributed by atoms with Gasteiger partial charge < -0.3 is 14.0 Å². The van der Waals surface area contributed by atoms with Gasteiger partial charge in [0.1, 0.15) is 23.9 Å². The Labute approximate surface area is 206 Å².